The quantitative estimate of drug-likeness (QED) is 0.608. The predicted octanol–water partition coefficient (Wildman–Crippen LogP) is 2.74. The third-order valence-electron chi connectivity index (χ3n) is 4.72. The summed E-state index contributed by atoms with van der Waals surface area (Å²) >= 11 is 1.16. The molecule has 0 radical (unpaired) electrons. The third-order valence-corrected chi connectivity index (χ3v) is 6.20. The van der Waals surface area contributed by atoms with Gasteiger partial charge in [-0.1, -0.05) is 23.9 Å². The second-order valence-electron chi connectivity index (χ2n) is 6.23. The first-order chi connectivity index (χ1) is 13.3. The number of methoxy groups -OCH3 is 2. The van der Waals surface area contributed by atoms with E-state index >= 15 is 0 Å². The van der Waals surface area contributed by atoms with E-state index < -0.39 is 22.6 Å². The van der Waals surface area contributed by atoms with Gasteiger partial charge in [0, 0.05) is 22.4 Å². The van der Waals surface area contributed by atoms with Crippen LogP contribution in [-0.4, -0.2) is 46.8 Å². The molecule has 0 amide bonds. The maximum atomic E-state index is 13.0. The fraction of sp³-hybridized carbons (Fsp3) is 0.250. The molecule has 1 atom stereocenters. The van der Waals surface area contributed by atoms with Gasteiger partial charge in [0.2, 0.25) is 4.87 Å². The molecular weight excluding hydrogens is 382 g/mol. The highest BCUT2D eigenvalue weighted by atomic mass is 32.2. The molecule has 3 rings (SSSR count). The predicted molar refractivity (Wildman–Crippen MR) is 103 cm³/mol. The van der Waals surface area contributed by atoms with Crippen LogP contribution < -0.4 is 0 Å². The van der Waals surface area contributed by atoms with Crippen molar-refractivity contribution in [1.29, 1.82) is 0 Å². The molecule has 7 nitrogen and oxygen atoms in total. The summed E-state index contributed by atoms with van der Waals surface area (Å²) in [5.74, 6) is -2.07. The van der Waals surface area contributed by atoms with E-state index in [4.69, 9.17) is 9.47 Å². The summed E-state index contributed by atoms with van der Waals surface area (Å²) in [6.07, 6.45) is 2.82. The van der Waals surface area contributed by atoms with Crippen molar-refractivity contribution in [3.05, 3.63) is 63.9 Å². The number of para-hydroxylation sites is 1. The number of carbonyl (C=O) groups excluding carboxylic acids is 3. The minimum absolute atomic E-state index is 0.0238. The van der Waals surface area contributed by atoms with E-state index in [0.717, 1.165) is 16.7 Å². The second kappa shape index (κ2) is 7.20. The number of thioether (sulfide) groups is 1. The van der Waals surface area contributed by atoms with Crippen LogP contribution in [0.15, 0.2) is 58.3 Å². The molecule has 1 aromatic rings. The van der Waals surface area contributed by atoms with Gasteiger partial charge in [0.1, 0.15) is 5.75 Å². The Kier molecular flexibility index (Phi) is 5.08. The summed E-state index contributed by atoms with van der Waals surface area (Å²) in [4.78, 5) is 39.2. The summed E-state index contributed by atoms with van der Waals surface area (Å²) in [6.45, 7) is 3.60. The molecule has 0 aliphatic carbocycles. The Labute approximate surface area is 166 Å². The van der Waals surface area contributed by atoms with Gasteiger partial charge >= 0.3 is 11.9 Å². The van der Waals surface area contributed by atoms with Crippen LogP contribution in [0.1, 0.15) is 24.2 Å². The normalized spacial score (nSPS) is 20.9. The second-order valence-corrected chi connectivity index (χ2v) is 7.64. The van der Waals surface area contributed by atoms with Crippen LogP contribution >= 0.6 is 11.8 Å². The summed E-state index contributed by atoms with van der Waals surface area (Å²) in [5, 5.41) is 10.0. The smallest absolute Gasteiger partial charge is 0.348 e. The van der Waals surface area contributed by atoms with Gasteiger partial charge in [-0.2, -0.15) is 0 Å². The molecule has 8 heteroatoms. The number of phenols is 1. The van der Waals surface area contributed by atoms with Crippen molar-refractivity contribution >= 4 is 29.5 Å². The standard InChI is InChI=1S/C20H19NO6S/c1-11-12(2)28-20(19(25)27-4)15(18(24)26-3)9-13(10-21(11)20)17(23)14-7-5-6-8-16(14)22/h5-10,22H,1-4H3. The lowest BCUT2D eigenvalue weighted by Crippen LogP contribution is -2.52. The van der Waals surface area contributed by atoms with Crippen molar-refractivity contribution in [2.45, 2.75) is 18.7 Å². The number of hydrogen-bond acceptors (Lipinski definition) is 8. The number of phenolic OH excluding ortho intramolecular Hbond substituents is 1. The van der Waals surface area contributed by atoms with E-state index in [1.807, 2.05) is 6.92 Å². The van der Waals surface area contributed by atoms with Gasteiger partial charge in [-0.3, -0.25) is 4.79 Å². The van der Waals surface area contributed by atoms with Crippen LogP contribution in [0.5, 0.6) is 5.75 Å². The number of esters is 2. The Bertz CT molecular complexity index is 977. The van der Waals surface area contributed by atoms with Crippen LogP contribution in [0.4, 0.5) is 0 Å². The number of rotatable bonds is 4. The highest BCUT2D eigenvalue weighted by molar-refractivity contribution is 8.05. The van der Waals surface area contributed by atoms with E-state index in [0.29, 0.717) is 5.70 Å². The Morgan fingerprint density at radius 1 is 1.11 bits per heavy atom. The SMILES string of the molecule is COC(=O)C1=CC(C(=O)c2ccccc2O)=CN2C(C)=C(C)SC12C(=O)OC. The Morgan fingerprint density at radius 3 is 2.39 bits per heavy atom. The summed E-state index contributed by atoms with van der Waals surface area (Å²) in [7, 11) is 2.44. The van der Waals surface area contributed by atoms with Crippen molar-refractivity contribution < 1.29 is 29.0 Å². The molecule has 1 aromatic carbocycles. The zero-order chi connectivity index (χ0) is 20.6. The molecule has 0 saturated carbocycles. The average molecular weight is 401 g/mol. The number of benzene rings is 1. The lowest BCUT2D eigenvalue weighted by Gasteiger charge is -2.38. The molecule has 2 aliphatic rings. The lowest BCUT2D eigenvalue weighted by molar-refractivity contribution is -0.149. The number of fused-ring (bicyclic) bond motifs is 1. The maximum absolute atomic E-state index is 13.0. The monoisotopic (exact) mass is 401 g/mol. The van der Waals surface area contributed by atoms with E-state index in [1.165, 1.54) is 38.6 Å². The number of carbonyl (C=O) groups is 3. The van der Waals surface area contributed by atoms with Crippen molar-refractivity contribution in [3.8, 4) is 5.75 Å². The van der Waals surface area contributed by atoms with Crippen LogP contribution in [0.25, 0.3) is 0 Å². The van der Waals surface area contributed by atoms with Gasteiger partial charge in [-0.15, -0.1) is 0 Å². The fourth-order valence-corrected chi connectivity index (χ4v) is 4.59. The highest BCUT2D eigenvalue weighted by Gasteiger charge is 2.57. The number of ketones is 1. The number of aromatic hydroxyl groups is 1. The lowest BCUT2D eigenvalue weighted by atomic mass is 9.93. The first-order valence-corrected chi connectivity index (χ1v) is 9.18. The summed E-state index contributed by atoms with van der Waals surface area (Å²) in [5.41, 5.74) is 0.901. The minimum atomic E-state index is -1.50. The Hall–Kier alpha value is -3.00. The molecule has 0 fully saturated rings. The topological polar surface area (TPSA) is 93.1 Å². The van der Waals surface area contributed by atoms with E-state index in [-0.39, 0.29) is 22.5 Å². The van der Waals surface area contributed by atoms with Gasteiger partial charge in [-0.05, 0) is 32.1 Å². The Morgan fingerprint density at radius 2 is 1.79 bits per heavy atom. The molecule has 146 valence electrons. The summed E-state index contributed by atoms with van der Waals surface area (Å²) < 4.78 is 9.87. The van der Waals surface area contributed by atoms with Crippen molar-refractivity contribution in [3.63, 3.8) is 0 Å². The molecule has 0 spiro atoms. The number of hydrogen-bond donors (Lipinski definition) is 1. The van der Waals surface area contributed by atoms with Crippen molar-refractivity contribution in [2.24, 2.45) is 0 Å². The highest BCUT2D eigenvalue weighted by Crippen LogP contribution is 2.53. The van der Waals surface area contributed by atoms with E-state index in [1.54, 1.807) is 24.0 Å². The molecule has 1 unspecified atom stereocenters. The zero-order valence-corrected chi connectivity index (χ0v) is 16.6. The van der Waals surface area contributed by atoms with Crippen LogP contribution in [0.2, 0.25) is 0 Å². The van der Waals surface area contributed by atoms with E-state index in [9.17, 15) is 19.5 Å². The molecule has 0 bridgehead atoms. The molecule has 2 aliphatic heterocycles. The first-order valence-electron chi connectivity index (χ1n) is 8.37. The molecule has 1 N–H and O–H groups in total. The van der Waals surface area contributed by atoms with Crippen LogP contribution in [-0.2, 0) is 19.1 Å². The fourth-order valence-electron chi connectivity index (χ4n) is 3.19. The molecule has 0 aromatic heterocycles. The molecule has 28 heavy (non-hydrogen) atoms. The Balaban J connectivity index is 2.21. The minimum Gasteiger partial charge on any atom is -0.507 e. The molecule has 2 heterocycles. The number of Topliss-reactive ketones (excluding diaryl/α,β-unsaturated/α-hetero) is 1. The average Bonchev–Trinajstić information content (AvgIpc) is 2.97. The van der Waals surface area contributed by atoms with Gasteiger partial charge in [-0.25, -0.2) is 9.59 Å². The number of allylic oxidation sites excluding steroid dienone is 4. The summed E-state index contributed by atoms with van der Waals surface area (Å²) in [6, 6.07) is 6.12. The zero-order valence-electron chi connectivity index (χ0n) is 15.8. The number of nitrogens with zero attached hydrogens (tertiary/aromatic N) is 1. The van der Waals surface area contributed by atoms with Gasteiger partial charge in [0.05, 0.1) is 25.4 Å². The number of ether oxygens (including phenoxy) is 2. The third kappa shape index (κ3) is 2.80. The van der Waals surface area contributed by atoms with Gasteiger partial charge in [0.15, 0.2) is 5.78 Å². The largest absolute Gasteiger partial charge is 0.507 e. The molecular formula is C20H19NO6S. The van der Waals surface area contributed by atoms with Crippen LogP contribution in [0.3, 0.4) is 0 Å². The molecule has 0 saturated heterocycles. The first kappa shape index (κ1) is 19.8. The maximum Gasteiger partial charge on any atom is 0.348 e. The van der Waals surface area contributed by atoms with Crippen LogP contribution in [0, 0.1) is 0 Å². The van der Waals surface area contributed by atoms with Gasteiger partial charge < -0.3 is 19.5 Å². The van der Waals surface area contributed by atoms with Crippen molar-refractivity contribution in [2.75, 3.05) is 14.2 Å². The van der Waals surface area contributed by atoms with Crippen molar-refractivity contribution in [1.82, 2.24) is 4.90 Å². The van der Waals surface area contributed by atoms with Gasteiger partial charge in [0.25, 0.3) is 0 Å². The van der Waals surface area contributed by atoms with E-state index in [2.05, 4.69) is 0 Å².